The molecular weight excluding hydrogens is 354 g/mol. The molecule has 0 radical (unpaired) electrons. The number of aliphatic hydroxyl groups is 1. The van der Waals surface area contributed by atoms with Crippen LogP contribution in [0.3, 0.4) is 0 Å². The predicted molar refractivity (Wildman–Crippen MR) is 108 cm³/mol. The first-order valence-electron chi connectivity index (χ1n) is 9.71. The molecule has 0 bridgehead atoms. The number of Topliss-reactive ketones (excluding diaryl/α,β-unsaturated/α-hetero) is 1. The lowest BCUT2D eigenvalue weighted by atomic mass is 9.97. The molecule has 4 rings (SSSR count). The third kappa shape index (κ3) is 4.05. The summed E-state index contributed by atoms with van der Waals surface area (Å²) in [4.78, 5) is 25.5. The maximum absolute atomic E-state index is 11.4. The fourth-order valence-corrected chi connectivity index (χ4v) is 3.75. The van der Waals surface area contributed by atoms with Crippen LogP contribution in [0.15, 0.2) is 42.9 Å². The molecule has 7 heteroatoms. The number of H-pyrrole nitrogens is 1. The zero-order chi connectivity index (χ0) is 19.3. The van der Waals surface area contributed by atoms with Gasteiger partial charge in [-0.05, 0) is 36.9 Å². The molecule has 28 heavy (non-hydrogen) atoms. The standard InChI is InChI=1S/C21H25N5O2/c27-14-20(28)17-12-24-21(25-13-17)26-7-5-15(6-8-26)9-22-10-16-11-23-19-4-2-1-3-18(16)19/h1-4,11-13,15,22-23,27H,5-10,14H2. The molecule has 146 valence electrons. The highest BCUT2D eigenvalue weighted by molar-refractivity contribution is 5.96. The Kier molecular flexibility index (Phi) is 5.64. The molecule has 1 aliphatic rings. The van der Waals surface area contributed by atoms with Crippen LogP contribution in [0.5, 0.6) is 0 Å². The molecule has 7 nitrogen and oxygen atoms in total. The number of aliphatic hydroxyl groups excluding tert-OH is 1. The van der Waals surface area contributed by atoms with Gasteiger partial charge >= 0.3 is 0 Å². The molecule has 0 spiro atoms. The summed E-state index contributed by atoms with van der Waals surface area (Å²) in [6.07, 6.45) is 7.25. The molecular formula is C21H25N5O2. The van der Waals surface area contributed by atoms with Gasteiger partial charge in [-0.15, -0.1) is 0 Å². The summed E-state index contributed by atoms with van der Waals surface area (Å²) in [5.41, 5.74) is 2.83. The molecule has 1 aliphatic heterocycles. The van der Waals surface area contributed by atoms with Crippen molar-refractivity contribution in [2.24, 2.45) is 5.92 Å². The third-order valence-electron chi connectivity index (χ3n) is 5.42. The van der Waals surface area contributed by atoms with E-state index in [0.717, 1.165) is 39.0 Å². The van der Waals surface area contributed by atoms with E-state index < -0.39 is 6.61 Å². The Morgan fingerprint density at radius 1 is 1.21 bits per heavy atom. The van der Waals surface area contributed by atoms with Crippen LogP contribution >= 0.6 is 0 Å². The van der Waals surface area contributed by atoms with E-state index in [9.17, 15) is 4.79 Å². The second kappa shape index (κ2) is 8.50. The first kappa shape index (κ1) is 18.6. The molecule has 3 N–H and O–H groups in total. The SMILES string of the molecule is O=C(CO)c1cnc(N2CCC(CNCc3c[nH]c4ccccc34)CC2)nc1. The van der Waals surface area contributed by atoms with Crippen LogP contribution in [-0.4, -0.2) is 52.1 Å². The van der Waals surface area contributed by atoms with Crippen LogP contribution in [-0.2, 0) is 6.54 Å². The summed E-state index contributed by atoms with van der Waals surface area (Å²) in [5.74, 6) is 0.933. The fraction of sp³-hybridized carbons (Fsp3) is 0.381. The number of fused-ring (bicyclic) bond motifs is 1. The van der Waals surface area contributed by atoms with Crippen molar-refractivity contribution in [1.29, 1.82) is 0 Å². The van der Waals surface area contributed by atoms with E-state index >= 15 is 0 Å². The van der Waals surface area contributed by atoms with E-state index in [4.69, 9.17) is 5.11 Å². The molecule has 1 fully saturated rings. The minimum Gasteiger partial charge on any atom is -0.388 e. The predicted octanol–water partition coefficient (Wildman–Crippen LogP) is 2.14. The number of hydrogen-bond acceptors (Lipinski definition) is 6. The van der Waals surface area contributed by atoms with Crippen molar-refractivity contribution in [2.75, 3.05) is 31.1 Å². The summed E-state index contributed by atoms with van der Waals surface area (Å²) >= 11 is 0. The number of carbonyl (C=O) groups is 1. The number of hydrogen-bond donors (Lipinski definition) is 3. The summed E-state index contributed by atoms with van der Waals surface area (Å²) in [6, 6.07) is 8.37. The van der Waals surface area contributed by atoms with Gasteiger partial charge in [-0.25, -0.2) is 9.97 Å². The van der Waals surface area contributed by atoms with Crippen LogP contribution < -0.4 is 10.2 Å². The Balaban J connectivity index is 1.25. The summed E-state index contributed by atoms with van der Waals surface area (Å²) in [7, 11) is 0. The highest BCUT2D eigenvalue weighted by atomic mass is 16.3. The number of piperidine rings is 1. The van der Waals surface area contributed by atoms with Crippen LogP contribution in [0, 0.1) is 5.92 Å². The number of rotatable bonds is 7. The highest BCUT2D eigenvalue weighted by Crippen LogP contribution is 2.21. The lowest BCUT2D eigenvalue weighted by molar-refractivity contribution is 0.0903. The summed E-state index contributed by atoms with van der Waals surface area (Å²) < 4.78 is 0. The second-order valence-electron chi connectivity index (χ2n) is 7.27. The number of aromatic nitrogens is 3. The summed E-state index contributed by atoms with van der Waals surface area (Å²) in [6.45, 7) is 3.17. The Labute approximate surface area is 163 Å². The van der Waals surface area contributed by atoms with Gasteiger partial charge in [0.2, 0.25) is 5.95 Å². The normalized spacial score (nSPS) is 15.2. The van der Waals surface area contributed by atoms with Crippen molar-refractivity contribution >= 4 is 22.6 Å². The Morgan fingerprint density at radius 2 is 1.96 bits per heavy atom. The van der Waals surface area contributed by atoms with Gasteiger partial charge in [-0.1, -0.05) is 18.2 Å². The monoisotopic (exact) mass is 379 g/mol. The average Bonchev–Trinajstić information content (AvgIpc) is 3.17. The first-order valence-corrected chi connectivity index (χ1v) is 9.71. The van der Waals surface area contributed by atoms with Gasteiger partial charge in [-0.3, -0.25) is 4.79 Å². The molecule has 0 amide bonds. The lowest BCUT2D eigenvalue weighted by Gasteiger charge is -2.32. The van der Waals surface area contributed by atoms with Gasteiger partial charge in [0.25, 0.3) is 0 Å². The second-order valence-corrected chi connectivity index (χ2v) is 7.27. The molecule has 3 heterocycles. The number of nitrogens with zero attached hydrogens (tertiary/aromatic N) is 3. The number of para-hydroxylation sites is 1. The van der Waals surface area contributed by atoms with E-state index in [0.29, 0.717) is 17.4 Å². The highest BCUT2D eigenvalue weighted by Gasteiger charge is 2.21. The quantitative estimate of drug-likeness (QED) is 0.545. The Morgan fingerprint density at radius 3 is 2.71 bits per heavy atom. The van der Waals surface area contributed by atoms with Crippen LogP contribution in [0.2, 0.25) is 0 Å². The zero-order valence-corrected chi connectivity index (χ0v) is 15.8. The van der Waals surface area contributed by atoms with E-state index in [-0.39, 0.29) is 5.78 Å². The van der Waals surface area contributed by atoms with Gasteiger partial charge in [0, 0.05) is 49.1 Å². The largest absolute Gasteiger partial charge is 0.388 e. The van der Waals surface area contributed by atoms with Crippen LogP contribution in [0.4, 0.5) is 5.95 Å². The van der Waals surface area contributed by atoms with Gasteiger partial charge in [-0.2, -0.15) is 0 Å². The molecule has 0 unspecified atom stereocenters. The zero-order valence-electron chi connectivity index (χ0n) is 15.8. The minimum atomic E-state index is -0.514. The molecule has 0 aliphatic carbocycles. The average molecular weight is 379 g/mol. The topological polar surface area (TPSA) is 94.1 Å². The fourth-order valence-electron chi connectivity index (χ4n) is 3.75. The molecule has 1 aromatic carbocycles. The van der Waals surface area contributed by atoms with Crippen LogP contribution in [0.25, 0.3) is 10.9 Å². The number of ketones is 1. The van der Waals surface area contributed by atoms with E-state index in [1.54, 1.807) is 0 Å². The Bertz CT molecular complexity index is 929. The van der Waals surface area contributed by atoms with Gasteiger partial charge in [0.1, 0.15) is 6.61 Å². The molecule has 1 saturated heterocycles. The van der Waals surface area contributed by atoms with Crippen molar-refractivity contribution in [2.45, 2.75) is 19.4 Å². The van der Waals surface area contributed by atoms with Crippen molar-refractivity contribution in [1.82, 2.24) is 20.3 Å². The first-order chi connectivity index (χ1) is 13.7. The van der Waals surface area contributed by atoms with E-state index in [1.165, 1.54) is 28.9 Å². The van der Waals surface area contributed by atoms with Gasteiger partial charge in [0.05, 0.1) is 5.56 Å². The van der Waals surface area contributed by atoms with E-state index in [2.05, 4.69) is 49.6 Å². The molecule has 3 aromatic rings. The van der Waals surface area contributed by atoms with Crippen molar-refractivity contribution < 1.29 is 9.90 Å². The van der Waals surface area contributed by atoms with Crippen molar-refractivity contribution in [3.8, 4) is 0 Å². The molecule has 0 saturated carbocycles. The Hall–Kier alpha value is -2.77. The number of carbonyl (C=O) groups excluding carboxylic acids is 1. The van der Waals surface area contributed by atoms with Crippen molar-refractivity contribution in [3.63, 3.8) is 0 Å². The number of benzene rings is 1. The lowest BCUT2D eigenvalue weighted by Crippen LogP contribution is -2.38. The number of nitrogens with one attached hydrogen (secondary N) is 2. The smallest absolute Gasteiger partial charge is 0.225 e. The molecule has 0 atom stereocenters. The van der Waals surface area contributed by atoms with Gasteiger partial charge < -0.3 is 20.3 Å². The number of anilines is 1. The van der Waals surface area contributed by atoms with Crippen LogP contribution in [0.1, 0.15) is 28.8 Å². The maximum Gasteiger partial charge on any atom is 0.225 e. The minimum absolute atomic E-state index is 0.350. The maximum atomic E-state index is 11.4. The van der Waals surface area contributed by atoms with Gasteiger partial charge in [0.15, 0.2) is 5.78 Å². The summed E-state index contributed by atoms with van der Waals surface area (Å²) in [5, 5.41) is 13.8. The van der Waals surface area contributed by atoms with Crippen molar-refractivity contribution in [3.05, 3.63) is 54.0 Å². The van der Waals surface area contributed by atoms with E-state index in [1.807, 2.05) is 6.07 Å². The number of aromatic amines is 1. The third-order valence-corrected chi connectivity index (χ3v) is 5.42. The molecule has 2 aromatic heterocycles.